The Morgan fingerprint density at radius 1 is 1.10 bits per heavy atom. The fraction of sp³-hybridized carbons (Fsp3) is 0.286. The van der Waals surface area contributed by atoms with Crippen LogP contribution in [-0.2, 0) is 21.1 Å². The predicted octanol–water partition coefficient (Wildman–Crippen LogP) is 4.10. The van der Waals surface area contributed by atoms with Crippen molar-refractivity contribution in [1.29, 1.82) is 0 Å². The van der Waals surface area contributed by atoms with Gasteiger partial charge in [0, 0.05) is 17.1 Å². The highest BCUT2D eigenvalue weighted by Crippen LogP contribution is 2.20. The van der Waals surface area contributed by atoms with E-state index in [1.165, 1.54) is 23.9 Å². The van der Waals surface area contributed by atoms with Gasteiger partial charge in [-0.1, -0.05) is 17.2 Å². The third-order valence-electron chi connectivity index (χ3n) is 4.35. The van der Waals surface area contributed by atoms with Gasteiger partial charge < -0.3 is 4.42 Å². The maximum atomic E-state index is 12.9. The number of hydrogen-bond acceptors (Lipinski definition) is 7. The summed E-state index contributed by atoms with van der Waals surface area (Å²) >= 11 is 1.44. The van der Waals surface area contributed by atoms with Crippen molar-refractivity contribution < 1.29 is 22.0 Å². The first-order chi connectivity index (χ1) is 14.7. The van der Waals surface area contributed by atoms with Crippen molar-refractivity contribution in [3.05, 3.63) is 65.8 Å². The maximum Gasteiger partial charge on any atom is 0.322 e. The van der Waals surface area contributed by atoms with Gasteiger partial charge in [-0.15, -0.1) is 16.9 Å². The molecule has 1 N–H and O–H groups in total. The number of rotatable bonds is 9. The smallest absolute Gasteiger partial charge is 0.322 e. The van der Waals surface area contributed by atoms with Gasteiger partial charge in [-0.2, -0.15) is 0 Å². The first-order valence-corrected chi connectivity index (χ1v) is 12.1. The van der Waals surface area contributed by atoms with E-state index < -0.39 is 15.1 Å². The van der Waals surface area contributed by atoms with E-state index in [1.807, 2.05) is 0 Å². The van der Waals surface area contributed by atoms with Crippen LogP contribution in [0.1, 0.15) is 31.7 Å². The molecule has 3 rings (SSSR count). The molecule has 10 heteroatoms. The zero-order chi connectivity index (χ0) is 22.4. The molecule has 164 valence electrons. The highest BCUT2D eigenvalue weighted by Gasteiger charge is 2.19. The molecular weight excluding hydrogens is 441 g/mol. The van der Waals surface area contributed by atoms with Crippen LogP contribution in [-0.4, -0.2) is 35.5 Å². The Kier molecular flexibility index (Phi) is 7.45. The SMILES string of the molecule is CC(C)S(=O)(=O)c1ccc(Cc2nnc(NC(=O)CCSc3ccc(F)cc3)o2)cc1. The molecule has 1 amide bonds. The molecule has 0 spiro atoms. The van der Waals surface area contributed by atoms with Gasteiger partial charge in [0.1, 0.15) is 5.82 Å². The molecule has 0 aliphatic carbocycles. The topological polar surface area (TPSA) is 102 Å². The molecule has 0 bridgehead atoms. The Morgan fingerprint density at radius 2 is 1.77 bits per heavy atom. The van der Waals surface area contributed by atoms with Crippen molar-refractivity contribution in [1.82, 2.24) is 10.2 Å². The summed E-state index contributed by atoms with van der Waals surface area (Å²) in [7, 11) is -3.32. The van der Waals surface area contributed by atoms with Crippen molar-refractivity contribution in [2.75, 3.05) is 11.1 Å². The number of sulfone groups is 1. The lowest BCUT2D eigenvalue weighted by Gasteiger charge is -2.08. The molecular formula is C21H22FN3O4S2. The lowest BCUT2D eigenvalue weighted by molar-refractivity contribution is -0.115. The van der Waals surface area contributed by atoms with Crippen LogP contribution < -0.4 is 5.32 Å². The maximum absolute atomic E-state index is 12.9. The van der Waals surface area contributed by atoms with E-state index in [0.717, 1.165) is 10.5 Å². The first-order valence-electron chi connectivity index (χ1n) is 9.57. The predicted molar refractivity (Wildman–Crippen MR) is 116 cm³/mol. The minimum absolute atomic E-state index is 0.00536. The number of hydrogen-bond donors (Lipinski definition) is 1. The van der Waals surface area contributed by atoms with Gasteiger partial charge in [0.25, 0.3) is 0 Å². The highest BCUT2D eigenvalue weighted by molar-refractivity contribution is 7.99. The third-order valence-corrected chi connectivity index (χ3v) is 7.54. The van der Waals surface area contributed by atoms with E-state index >= 15 is 0 Å². The van der Waals surface area contributed by atoms with Gasteiger partial charge in [0.15, 0.2) is 9.84 Å². The number of carbonyl (C=O) groups is 1. The van der Waals surface area contributed by atoms with Crippen LogP contribution in [0.4, 0.5) is 10.4 Å². The molecule has 0 atom stereocenters. The second-order valence-corrected chi connectivity index (χ2v) is 10.7. The Labute approximate surface area is 184 Å². The molecule has 0 fully saturated rings. The zero-order valence-electron chi connectivity index (χ0n) is 17.0. The van der Waals surface area contributed by atoms with Crippen molar-refractivity contribution >= 4 is 33.5 Å². The molecule has 0 saturated heterocycles. The molecule has 3 aromatic rings. The molecule has 2 aromatic carbocycles. The largest absolute Gasteiger partial charge is 0.407 e. The normalized spacial score (nSPS) is 11.6. The third kappa shape index (κ3) is 6.38. The fourth-order valence-corrected chi connectivity index (χ4v) is 4.50. The Morgan fingerprint density at radius 3 is 2.42 bits per heavy atom. The number of nitrogens with one attached hydrogen (secondary N) is 1. The summed E-state index contributed by atoms with van der Waals surface area (Å²) in [5.74, 6) is 0.249. The molecule has 0 radical (unpaired) electrons. The molecule has 0 aliphatic heterocycles. The van der Waals surface area contributed by atoms with Crippen LogP contribution in [0.5, 0.6) is 0 Å². The summed E-state index contributed by atoms with van der Waals surface area (Å²) < 4.78 is 42.7. The second kappa shape index (κ2) is 10.1. The standard InChI is InChI=1S/C21H22FN3O4S2/c1-14(2)31(27,28)18-9-3-15(4-10-18)13-20-24-25-21(29-20)23-19(26)11-12-30-17-7-5-16(22)6-8-17/h3-10,14H,11-13H2,1-2H3,(H,23,25,26). The van der Waals surface area contributed by atoms with Crippen LogP contribution in [0.3, 0.4) is 0 Å². The summed E-state index contributed by atoms with van der Waals surface area (Å²) in [6.45, 7) is 3.28. The number of anilines is 1. The minimum Gasteiger partial charge on any atom is -0.407 e. The lowest BCUT2D eigenvalue weighted by atomic mass is 10.1. The quantitative estimate of drug-likeness (QED) is 0.477. The molecule has 0 unspecified atom stereocenters. The van der Waals surface area contributed by atoms with Crippen LogP contribution in [0.25, 0.3) is 0 Å². The van der Waals surface area contributed by atoms with E-state index in [-0.39, 0.29) is 29.1 Å². The van der Waals surface area contributed by atoms with E-state index in [1.54, 1.807) is 50.2 Å². The molecule has 31 heavy (non-hydrogen) atoms. The van der Waals surface area contributed by atoms with Crippen molar-refractivity contribution in [2.24, 2.45) is 0 Å². The summed E-state index contributed by atoms with van der Waals surface area (Å²) in [4.78, 5) is 13.2. The van der Waals surface area contributed by atoms with Crippen molar-refractivity contribution in [2.45, 2.75) is 41.7 Å². The van der Waals surface area contributed by atoms with Crippen LogP contribution >= 0.6 is 11.8 Å². The van der Waals surface area contributed by atoms with Gasteiger partial charge in [-0.3, -0.25) is 10.1 Å². The number of benzene rings is 2. The first kappa shape index (κ1) is 23.0. The van der Waals surface area contributed by atoms with Crippen LogP contribution in [0, 0.1) is 5.82 Å². The van der Waals surface area contributed by atoms with Gasteiger partial charge in [-0.25, -0.2) is 12.8 Å². The van der Waals surface area contributed by atoms with E-state index in [2.05, 4.69) is 15.5 Å². The Hall–Kier alpha value is -2.72. The summed E-state index contributed by atoms with van der Waals surface area (Å²) in [5.41, 5.74) is 0.805. The summed E-state index contributed by atoms with van der Waals surface area (Å²) in [6.07, 6.45) is 0.539. The number of halogens is 1. The second-order valence-electron chi connectivity index (χ2n) is 7.02. The zero-order valence-corrected chi connectivity index (χ0v) is 18.7. The van der Waals surface area contributed by atoms with E-state index in [4.69, 9.17) is 4.42 Å². The highest BCUT2D eigenvalue weighted by atomic mass is 32.2. The number of carbonyl (C=O) groups excluding carboxylic acids is 1. The van der Waals surface area contributed by atoms with Gasteiger partial charge >= 0.3 is 6.01 Å². The van der Waals surface area contributed by atoms with E-state index in [0.29, 0.717) is 18.1 Å². The van der Waals surface area contributed by atoms with Gasteiger partial charge in [-0.05, 0) is 55.8 Å². The van der Waals surface area contributed by atoms with Crippen LogP contribution in [0.15, 0.2) is 62.7 Å². The average molecular weight is 464 g/mol. The number of aromatic nitrogens is 2. The molecule has 1 aromatic heterocycles. The van der Waals surface area contributed by atoms with Crippen molar-refractivity contribution in [3.8, 4) is 0 Å². The Balaban J connectivity index is 1.49. The fourth-order valence-electron chi connectivity index (χ4n) is 2.59. The number of nitrogens with zero attached hydrogens (tertiary/aromatic N) is 2. The molecule has 0 saturated carbocycles. The monoisotopic (exact) mass is 463 g/mol. The minimum atomic E-state index is -3.32. The van der Waals surface area contributed by atoms with E-state index in [9.17, 15) is 17.6 Å². The van der Waals surface area contributed by atoms with Gasteiger partial charge in [0.05, 0.1) is 16.6 Å². The number of amides is 1. The molecule has 1 heterocycles. The lowest BCUT2D eigenvalue weighted by Crippen LogP contribution is -2.13. The van der Waals surface area contributed by atoms with Crippen LogP contribution in [0.2, 0.25) is 0 Å². The number of thioether (sulfide) groups is 1. The average Bonchev–Trinajstić information content (AvgIpc) is 3.16. The van der Waals surface area contributed by atoms with Gasteiger partial charge in [0.2, 0.25) is 11.8 Å². The summed E-state index contributed by atoms with van der Waals surface area (Å²) in [5, 5.41) is 9.79. The molecule has 0 aliphatic rings. The van der Waals surface area contributed by atoms with Crippen molar-refractivity contribution in [3.63, 3.8) is 0 Å². The molecule has 7 nitrogen and oxygen atoms in total. The Bertz CT molecular complexity index is 1130. The summed E-state index contributed by atoms with van der Waals surface area (Å²) in [6, 6.07) is 12.6.